The van der Waals surface area contributed by atoms with Crippen LogP contribution >= 0.6 is 11.6 Å². The average Bonchev–Trinajstić information content (AvgIpc) is 2.41. The van der Waals surface area contributed by atoms with E-state index in [1.807, 2.05) is 18.2 Å². The van der Waals surface area contributed by atoms with Crippen molar-refractivity contribution in [2.75, 3.05) is 5.32 Å². The average molecular weight is 277 g/mol. The molecule has 0 spiro atoms. The van der Waals surface area contributed by atoms with Gasteiger partial charge in [-0.3, -0.25) is 4.79 Å². The van der Waals surface area contributed by atoms with Gasteiger partial charge in [-0.1, -0.05) is 23.7 Å². The Hall–Kier alpha value is -2.07. The molecule has 0 radical (unpaired) electrons. The third-order valence-electron chi connectivity index (χ3n) is 2.79. The van der Waals surface area contributed by atoms with E-state index in [9.17, 15) is 4.79 Å². The van der Waals surface area contributed by atoms with E-state index < -0.39 is 11.9 Å². The van der Waals surface area contributed by atoms with Crippen LogP contribution in [0.2, 0.25) is 5.02 Å². The molecule has 2 rings (SSSR count). The lowest BCUT2D eigenvalue weighted by atomic mass is 10.0. The number of carboxylic acid groups (broad SMARTS) is 1. The quantitative estimate of drug-likeness (QED) is 0.894. The lowest BCUT2D eigenvalue weighted by Crippen LogP contribution is -2.07. The van der Waals surface area contributed by atoms with E-state index >= 15 is 0 Å². The Morgan fingerprint density at radius 2 is 2.16 bits per heavy atom. The van der Waals surface area contributed by atoms with Crippen molar-refractivity contribution in [3.05, 3.63) is 53.2 Å². The van der Waals surface area contributed by atoms with Crippen LogP contribution in [0.1, 0.15) is 18.4 Å². The molecule has 2 N–H and O–H groups in total. The van der Waals surface area contributed by atoms with Gasteiger partial charge in [0.2, 0.25) is 0 Å². The fourth-order valence-electron chi connectivity index (χ4n) is 1.62. The van der Waals surface area contributed by atoms with Gasteiger partial charge in [-0.05, 0) is 36.8 Å². The molecule has 4 nitrogen and oxygen atoms in total. The fraction of sp³-hybridized carbons (Fsp3) is 0.143. The highest BCUT2D eigenvalue weighted by Gasteiger charge is 2.14. The van der Waals surface area contributed by atoms with Crippen molar-refractivity contribution in [1.82, 2.24) is 4.98 Å². The number of nitrogens with one attached hydrogen (secondary N) is 1. The van der Waals surface area contributed by atoms with Gasteiger partial charge in [0.25, 0.3) is 0 Å². The van der Waals surface area contributed by atoms with Gasteiger partial charge in [0.15, 0.2) is 0 Å². The van der Waals surface area contributed by atoms with Crippen LogP contribution in [0.15, 0.2) is 42.6 Å². The molecule has 0 aliphatic heterocycles. The molecule has 5 heteroatoms. The first-order valence-electron chi connectivity index (χ1n) is 5.78. The van der Waals surface area contributed by atoms with Gasteiger partial charge in [-0.25, -0.2) is 4.98 Å². The first-order valence-corrected chi connectivity index (χ1v) is 6.16. The highest BCUT2D eigenvalue weighted by Crippen LogP contribution is 2.28. The summed E-state index contributed by atoms with van der Waals surface area (Å²) < 4.78 is 0. The Labute approximate surface area is 116 Å². The number of halogens is 1. The van der Waals surface area contributed by atoms with Gasteiger partial charge in [0, 0.05) is 6.20 Å². The second kappa shape index (κ2) is 5.71. The lowest BCUT2D eigenvalue weighted by Gasteiger charge is -2.11. The predicted octanol–water partition coefficient (Wildman–Crippen LogP) is 3.67. The molecule has 2 aromatic rings. The number of carbonyl (C=O) groups is 1. The Morgan fingerprint density at radius 1 is 1.37 bits per heavy atom. The molecule has 19 heavy (non-hydrogen) atoms. The van der Waals surface area contributed by atoms with Crippen LogP contribution in [0.25, 0.3) is 0 Å². The van der Waals surface area contributed by atoms with Crippen molar-refractivity contribution in [2.24, 2.45) is 0 Å². The van der Waals surface area contributed by atoms with E-state index in [0.29, 0.717) is 22.1 Å². The van der Waals surface area contributed by atoms with E-state index in [1.54, 1.807) is 31.3 Å². The highest BCUT2D eigenvalue weighted by atomic mass is 35.5. The summed E-state index contributed by atoms with van der Waals surface area (Å²) in [6, 6.07) is 10.7. The van der Waals surface area contributed by atoms with Crippen LogP contribution in [-0.2, 0) is 4.79 Å². The minimum atomic E-state index is -0.874. The number of hydrogen-bond donors (Lipinski definition) is 2. The number of rotatable bonds is 4. The number of aromatic nitrogens is 1. The second-order valence-corrected chi connectivity index (χ2v) is 4.55. The predicted molar refractivity (Wildman–Crippen MR) is 75.0 cm³/mol. The van der Waals surface area contributed by atoms with Gasteiger partial charge in [0.1, 0.15) is 5.82 Å². The standard InChI is InChI=1S/C14H13ClN2O2/c1-9(14(18)19)10-5-6-12(11(15)8-10)17-13-4-2-3-7-16-13/h2-9H,1H3,(H,16,17)(H,18,19)/t9-/m1/s1. The first kappa shape index (κ1) is 13.4. The van der Waals surface area contributed by atoms with E-state index in [1.165, 1.54) is 0 Å². The lowest BCUT2D eigenvalue weighted by molar-refractivity contribution is -0.138. The van der Waals surface area contributed by atoms with E-state index in [2.05, 4.69) is 10.3 Å². The van der Waals surface area contributed by atoms with Crippen LogP contribution in [0.3, 0.4) is 0 Å². The van der Waals surface area contributed by atoms with Gasteiger partial charge in [-0.2, -0.15) is 0 Å². The Morgan fingerprint density at radius 3 is 2.74 bits per heavy atom. The summed E-state index contributed by atoms with van der Waals surface area (Å²) in [6.07, 6.45) is 1.68. The first-order chi connectivity index (χ1) is 9.08. The Bertz CT molecular complexity index is 587. The number of anilines is 2. The van der Waals surface area contributed by atoms with Crippen LogP contribution in [0.4, 0.5) is 11.5 Å². The second-order valence-electron chi connectivity index (χ2n) is 4.14. The van der Waals surface area contributed by atoms with Crippen LogP contribution in [0.5, 0.6) is 0 Å². The maximum Gasteiger partial charge on any atom is 0.310 e. The highest BCUT2D eigenvalue weighted by molar-refractivity contribution is 6.33. The Balaban J connectivity index is 2.23. The normalized spacial score (nSPS) is 11.9. The summed E-state index contributed by atoms with van der Waals surface area (Å²) in [5, 5.41) is 12.5. The minimum absolute atomic E-state index is 0.469. The summed E-state index contributed by atoms with van der Waals surface area (Å²) >= 11 is 6.14. The molecule has 1 atom stereocenters. The molecule has 1 aromatic carbocycles. The molecular formula is C14H13ClN2O2. The van der Waals surface area contributed by atoms with Crippen LogP contribution < -0.4 is 5.32 Å². The van der Waals surface area contributed by atoms with Crippen LogP contribution in [-0.4, -0.2) is 16.1 Å². The molecule has 98 valence electrons. The van der Waals surface area contributed by atoms with Gasteiger partial charge < -0.3 is 10.4 Å². The zero-order valence-electron chi connectivity index (χ0n) is 10.3. The van der Waals surface area contributed by atoms with Crippen LogP contribution in [0, 0.1) is 0 Å². The maximum absolute atomic E-state index is 10.9. The minimum Gasteiger partial charge on any atom is -0.481 e. The smallest absolute Gasteiger partial charge is 0.310 e. The SMILES string of the molecule is C[C@@H](C(=O)O)c1ccc(Nc2ccccn2)c(Cl)c1. The van der Waals surface area contributed by atoms with Gasteiger partial charge in [0.05, 0.1) is 16.6 Å². The third kappa shape index (κ3) is 3.23. The van der Waals surface area contributed by atoms with Crippen molar-refractivity contribution in [1.29, 1.82) is 0 Å². The number of hydrogen-bond acceptors (Lipinski definition) is 3. The van der Waals surface area contributed by atoms with Crippen molar-refractivity contribution >= 4 is 29.1 Å². The van der Waals surface area contributed by atoms with Crippen molar-refractivity contribution in [2.45, 2.75) is 12.8 Å². The summed E-state index contributed by atoms with van der Waals surface area (Å²) in [4.78, 5) is 15.1. The topological polar surface area (TPSA) is 62.2 Å². The van der Waals surface area contributed by atoms with Gasteiger partial charge >= 0.3 is 5.97 Å². The summed E-state index contributed by atoms with van der Waals surface area (Å²) in [5.41, 5.74) is 1.37. The van der Waals surface area contributed by atoms with Gasteiger partial charge in [-0.15, -0.1) is 0 Å². The molecule has 0 unspecified atom stereocenters. The molecule has 0 fully saturated rings. The molecule has 0 bridgehead atoms. The summed E-state index contributed by atoms with van der Waals surface area (Å²) in [6.45, 7) is 1.62. The van der Waals surface area contributed by atoms with E-state index in [-0.39, 0.29) is 0 Å². The zero-order chi connectivity index (χ0) is 13.8. The van der Waals surface area contributed by atoms with Crippen molar-refractivity contribution in [3.8, 4) is 0 Å². The molecule has 1 aromatic heterocycles. The maximum atomic E-state index is 10.9. The molecule has 0 saturated carbocycles. The number of nitrogens with zero attached hydrogens (tertiary/aromatic N) is 1. The monoisotopic (exact) mass is 276 g/mol. The number of aliphatic carboxylic acids is 1. The third-order valence-corrected chi connectivity index (χ3v) is 3.10. The molecule has 0 aliphatic rings. The molecule has 0 saturated heterocycles. The number of pyridine rings is 1. The van der Waals surface area contributed by atoms with Crippen molar-refractivity contribution < 1.29 is 9.90 Å². The molecule has 0 amide bonds. The molecule has 1 heterocycles. The molecule has 0 aliphatic carbocycles. The molecular weight excluding hydrogens is 264 g/mol. The van der Waals surface area contributed by atoms with E-state index in [0.717, 1.165) is 0 Å². The van der Waals surface area contributed by atoms with E-state index in [4.69, 9.17) is 16.7 Å². The zero-order valence-corrected chi connectivity index (χ0v) is 11.1. The number of benzene rings is 1. The summed E-state index contributed by atoms with van der Waals surface area (Å²) in [5.74, 6) is -0.772. The van der Waals surface area contributed by atoms with Crippen molar-refractivity contribution in [3.63, 3.8) is 0 Å². The number of carboxylic acids is 1. The largest absolute Gasteiger partial charge is 0.481 e. The Kier molecular flexibility index (Phi) is 4.02. The summed E-state index contributed by atoms with van der Waals surface area (Å²) in [7, 11) is 0. The fourth-order valence-corrected chi connectivity index (χ4v) is 1.86.